The first-order valence-electron chi connectivity index (χ1n) is 5.33. The zero-order valence-electron chi connectivity index (χ0n) is 10.5. The van der Waals surface area contributed by atoms with Gasteiger partial charge >= 0.3 is 6.03 Å². The Morgan fingerprint density at radius 2 is 2.11 bits per heavy atom. The maximum atomic E-state index is 11.3. The Bertz CT molecular complexity index is 522. The molecule has 0 saturated heterocycles. The minimum atomic E-state index is -0.611. The van der Waals surface area contributed by atoms with Gasteiger partial charge in [0.25, 0.3) is 5.91 Å². The summed E-state index contributed by atoms with van der Waals surface area (Å²) in [5, 5.41) is 13.0. The van der Waals surface area contributed by atoms with Gasteiger partial charge in [-0.1, -0.05) is 0 Å². The number of hydrogen-bond acceptors (Lipinski definition) is 5. The fourth-order valence-corrected chi connectivity index (χ4v) is 1.22. The van der Waals surface area contributed by atoms with Crippen LogP contribution in [0.1, 0.15) is 5.56 Å². The lowest BCUT2D eigenvalue weighted by Gasteiger charge is -2.10. The number of imide groups is 1. The van der Waals surface area contributed by atoms with E-state index in [1.54, 1.807) is 0 Å². The molecular weight excluding hydrogens is 250 g/mol. The lowest BCUT2D eigenvalue weighted by Crippen LogP contribution is -2.39. The normalized spacial score (nSPS) is 9.11. The van der Waals surface area contributed by atoms with E-state index in [2.05, 4.69) is 10.6 Å². The van der Waals surface area contributed by atoms with Gasteiger partial charge in [-0.15, -0.1) is 0 Å². The van der Waals surface area contributed by atoms with Crippen molar-refractivity contribution in [2.45, 2.75) is 0 Å². The topological polar surface area (TPSA) is 100 Å². The molecular formula is C12H13N3O4. The SMILES string of the molecule is CNC(=O)NC(=O)COc1ccc(C#N)cc1OC. The number of hydrogen-bond donors (Lipinski definition) is 2. The van der Waals surface area contributed by atoms with E-state index in [4.69, 9.17) is 14.7 Å². The lowest BCUT2D eigenvalue weighted by atomic mass is 10.2. The molecule has 0 aliphatic rings. The fraction of sp³-hybridized carbons (Fsp3) is 0.250. The Morgan fingerprint density at radius 1 is 1.37 bits per heavy atom. The number of rotatable bonds is 4. The number of amides is 3. The number of nitrogens with one attached hydrogen (secondary N) is 2. The quantitative estimate of drug-likeness (QED) is 0.819. The summed E-state index contributed by atoms with van der Waals surface area (Å²) >= 11 is 0. The van der Waals surface area contributed by atoms with Gasteiger partial charge in [0, 0.05) is 13.1 Å². The Balaban J connectivity index is 2.65. The monoisotopic (exact) mass is 263 g/mol. The third-order valence-corrected chi connectivity index (χ3v) is 2.13. The molecule has 1 aromatic rings. The molecule has 0 bridgehead atoms. The predicted octanol–water partition coefficient (Wildman–Crippen LogP) is 0.401. The van der Waals surface area contributed by atoms with Gasteiger partial charge in [-0.25, -0.2) is 4.79 Å². The standard InChI is InChI=1S/C12H13N3O4/c1-14-12(17)15-11(16)7-19-9-4-3-8(6-13)5-10(9)18-2/h3-5H,7H2,1-2H3,(H2,14,15,16,17). The molecule has 1 aromatic carbocycles. The van der Waals surface area contributed by atoms with Gasteiger partial charge in [-0.2, -0.15) is 5.26 Å². The molecule has 0 aliphatic heterocycles. The summed E-state index contributed by atoms with van der Waals surface area (Å²) in [5.41, 5.74) is 0.416. The molecule has 19 heavy (non-hydrogen) atoms. The first-order valence-corrected chi connectivity index (χ1v) is 5.33. The lowest BCUT2D eigenvalue weighted by molar-refractivity contribution is -0.122. The van der Waals surface area contributed by atoms with Crippen LogP contribution in [-0.2, 0) is 4.79 Å². The van der Waals surface area contributed by atoms with E-state index < -0.39 is 11.9 Å². The van der Waals surface area contributed by atoms with Crippen molar-refractivity contribution in [1.29, 1.82) is 5.26 Å². The average molecular weight is 263 g/mol. The number of ether oxygens (including phenoxy) is 2. The van der Waals surface area contributed by atoms with E-state index in [9.17, 15) is 9.59 Å². The number of benzene rings is 1. The van der Waals surface area contributed by atoms with Crippen molar-refractivity contribution >= 4 is 11.9 Å². The second-order valence-electron chi connectivity index (χ2n) is 3.39. The Labute approximate surface area is 110 Å². The summed E-state index contributed by atoms with van der Waals surface area (Å²) in [4.78, 5) is 22.2. The number of nitriles is 1. The van der Waals surface area contributed by atoms with Crippen molar-refractivity contribution in [1.82, 2.24) is 10.6 Å². The summed E-state index contributed by atoms with van der Waals surface area (Å²) in [6, 6.07) is 5.90. The van der Waals surface area contributed by atoms with Crippen LogP contribution in [0.5, 0.6) is 11.5 Å². The van der Waals surface area contributed by atoms with E-state index in [-0.39, 0.29) is 6.61 Å². The van der Waals surface area contributed by atoms with Gasteiger partial charge in [0.05, 0.1) is 18.7 Å². The van der Waals surface area contributed by atoms with Crippen LogP contribution in [-0.4, -0.2) is 32.7 Å². The number of methoxy groups -OCH3 is 1. The largest absolute Gasteiger partial charge is 0.493 e. The molecule has 7 nitrogen and oxygen atoms in total. The van der Waals surface area contributed by atoms with Crippen LogP contribution < -0.4 is 20.1 Å². The molecule has 7 heteroatoms. The van der Waals surface area contributed by atoms with Crippen molar-refractivity contribution in [3.63, 3.8) is 0 Å². The molecule has 100 valence electrons. The molecule has 2 N–H and O–H groups in total. The van der Waals surface area contributed by atoms with E-state index in [1.165, 1.54) is 32.4 Å². The number of nitrogens with zero attached hydrogens (tertiary/aromatic N) is 1. The number of carbonyl (C=O) groups is 2. The molecule has 0 atom stereocenters. The van der Waals surface area contributed by atoms with Crippen molar-refractivity contribution in [2.75, 3.05) is 20.8 Å². The molecule has 3 amide bonds. The molecule has 1 rings (SSSR count). The molecule has 0 fully saturated rings. The van der Waals surface area contributed by atoms with Crippen molar-refractivity contribution in [2.24, 2.45) is 0 Å². The van der Waals surface area contributed by atoms with E-state index in [0.717, 1.165) is 0 Å². The number of carbonyl (C=O) groups excluding carboxylic acids is 2. The Hall–Kier alpha value is -2.75. The molecule has 0 unspecified atom stereocenters. The smallest absolute Gasteiger partial charge is 0.321 e. The summed E-state index contributed by atoms with van der Waals surface area (Å²) in [5.74, 6) is 0.0612. The van der Waals surface area contributed by atoms with Gasteiger partial charge in [-0.3, -0.25) is 10.1 Å². The van der Waals surface area contributed by atoms with Crippen LogP contribution >= 0.6 is 0 Å². The van der Waals surface area contributed by atoms with Crippen LogP contribution in [0.2, 0.25) is 0 Å². The minimum Gasteiger partial charge on any atom is -0.493 e. The van der Waals surface area contributed by atoms with Crippen LogP contribution in [0, 0.1) is 11.3 Å². The molecule has 0 aromatic heterocycles. The van der Waals surface area contributed by atoms with Crippen LogP contribution in [0.3, 0.4) is 0 Å². The van der Waals surface area contributed by atoms with Crippen molar-refractivity contribution in [3.05, 3.63) is 23.8 Å². The van der Waals surface area contributed by atoms with Crippen LogP contribution in [0.4, 0.5) is 4.79 Å². The van der Waals surface area contributed by atoms with Crippen LogP contribution in [0.15, 0.2) is 18.2 Å². The number of urea groups is 1. The van der Waals surface area contributed by atoms with Crippen molar-refractivity contribution < 1.29 is 19.1 Å². The van der Waals surface area contributed by atoms with Crippen LogP contribution in [0.25, 0.3) is 0 Å². The van der Waals surface area contributed by atoms with Gasteiger partial charge < -0.3 is 14.8 Å². The third kappa shape index (κ3) is 4.20. The van der Waals surface area contributed by atoms with E-state index in [0.29, 0.717) is 17.1 Å². The first kappa shape index (κ1) is 14.3. The second kappa shape index (κ2) is 6.86. The first-order chi connectivity index (χ1) is 9.10. The maximum absolute atomic E-state index is 11.3. The van der Waals surface area contributed by atoms with Gasteiger partial charge in [-0.05, 0) is 12.1 Å². The maximum Gasteiger partial charge on any atom is 0.321 e. The fourth-order valence-electron chi connectivity index (χ4n) is 1.22. The van der Waals surface area contributed by atoms with E-state index >= 15 is 0 Å². The van der Waals surface area contributed by atoms with Gasteiger partial charge in [0.1, 0.15) is 0 Å². The average Bonchev–Trinajstić information content (AvgIpc) is 2.44. The minimum absolute atomic E-state index is 0.313. The Kier molecular flexibility index (Phi) is 5.17. The summed E-state index contributed by atoms with van der Waals surface area (Å²) in [6.45, 7) is -0.338. The predicted molar refractivity (Wildman–Crippen MR) is 65.8 cm³/mol. The zero-order chi connectivity index (χ0) is 14.3. The van der Waals surface area contributed by atoms with E-state index in [1.807, 2.05) is 6.07 Å². The molecule has 0 spiro atoms. The van der Waals surface area contributed by atoms with Crippen molar-refractivity contribution in [3.8, 4) is 17.6 Å². The van der Waals surface area contributed by atoms with Gasteiger partial charge in [0.2, 0.25) is 0 Å². The summed E-state index contributed by atoms with van der Waals surface area (Å²) < 4.78 is 10.2. The molecule has 0 radical (unpaired) electrons. The van der Waals surface area contributed by atoms with Gasteiger partial charge in [0.15, 0.2) is 18.1 Å². The molecule has 0 aliphatic carbocycles. The highest BCUT2D eigenvalue weighted by Gasteiger charge is 2.10. The zero-order valence-corrected chi connectivity index (χ0v) is 10.5. The second-order valence-corrected chi connectivity index (χ2v) is 3.39. The highest BCUT2D eigenvalue weighted by Crippen LogP contribution is 2.27. The molecule has 0 saturated carbocycles. The highest BCUT2D eigenvalue weighted by molar-refractivity contribution is 5.94. The summed E-state index contributed by atoms with van der Waals surface area (Å²) in [6.07, 6.45) is 0. The molecule has 0 heterocycles. The Morgan fingerprint density at radius 3 is 2.68 bits per heavy atom. The summed E-state index contributed by atoms with van der Waals surface area (Å²) in [7, 11) is 2.82. The third-order valence-electron chi connectivity index (χ3n) is 2.13. The highest BCUT2D eigenvalue weighted by atomic mass is 16.5.